The molecule has 3 N–H and O–H groups in total. The van der Waals surface area contributed by atoms with Crippen LogP contribution >= 0.6 is 0 Å². The van der Waals surface area contributed by atoms with E-state index in [1.165, 1.54) is 0 Å². The van der Waals surface area contributed by atoms with Crippen molar-refractivity contribution in [2.75, 3.05) is 26.7 Å². The predicted molar refractivity (Wildman–Crippen MR) is 173 cm³/mol. The number of aliphatic hydroxyl groups excluding tert-OH is 1. The van der Waals surface area contributed by atoms with E-state index >= 15 is 0 Å². The molecule has 3 rings (SSSR count). The van der Waals surface area contributed by atoms with Gasteiger partial charge in [0, 0.05) is 25.9 Å². The Kier molecular flexibility index (Phi) is 13.7. The number of ether oxygens (including phenoxy) is 2. The van der Waals surface area contributed by atoms with Crippen LogP contribution in [0.5, 0.6) is 11.5 Å². The van der Waals surface area contributed by atoms with Crippen LogP contribution in [0.1, 0.15) is 56.7 Å². The first-order chi connectivity index (χ1) is 21.2. The van der Waals surface area contributed by atoms with Crippen LogP contribution in [0.15, 0.2) is 78.9 Å². The summed E-state index contributed by atoms with van der Waals surface area (Å²) in [5.41, 5.74) is 2.90. The highest BCUT2D eigenvalue weighted by Gasteiger charge is 2.51. The van der Waals surface area contributed by atoms with Gasteiger partial charge in [0.25, 0.3) is 0 Å². The second kappa shape index (κ2) is 17.2. The second-order valence-electron chi connectivity index (χ2n) is 11.0. The highest BCUT2D eigenvalue weighted by atomic mass is 32.2. The Morgan fingerprint density at radius 3 is 2.14 bits per heavy atom. The summed E-state index contributed by atoms with van der Waals surface area (Å²) in [6.07, 6.45) is 0.377. The third-order valence-electron chi connectivity index (χ3n) is 7.73. The van der Waals surface area contributed by atoms with Crippen LogP contribution in [-0.4, -0.2) is 62.2 Å². The Morgan fingerprint density at radius 2 is 1.52 bits per heavy atom. The second-order valence-corrected chi connectivity index (χ2v) is 12.9. The van der Waals surface area contributed by atoms with Gasteiger partial charge in [-0.05, 0) is 53.8 Å². The van der Waals surface area contributed by atoms with Crippen LogP contribution in [0, 0.1) is 0 Å². The molecule has 0 aliphatic carbocycles. The molecule has 0 bridgehead atoms. The Morgan fingerprint density at radius 1 is 0.864 bits per heavy atom. The fourth-order valence-corrected chi connectivity index (χ4v) is 7.56. The molecule has 0 heterocycles. The summed E-state index contributed by atoms with van der Waals surface area (Å²) in [6, 6.07) is 24.3. The van der Waals surface area contributed by atoms with Crippen LogP contribution in [-0.2, 0) is 34.6 Å². The maximum Gasteiger partial charge on any atom is 0.396 e. The van der Waals surface area contributed by atoms with Gasteiger partial charge in [0.05, 0.1) is 20.2 Å². The van der Waals surface area contributed by atoms with Gasteiger partial charge in [0.1, 0.15) is 30.3 Å². The van der Waals surface area contributed by atoms with E-state index < -0.39 is 32.2 Å². The maximum atomic E-state index is 14.1. The molecule has 0 saturated heterocycles. The topological polar surface area (TPSA) is 114 Å². The standard InChI is InChI=1S/C34H47N3O6S/c1-5-20-37(21-6-2,44(40,41)36-34(39)7-3)32(33(38)25-35-24-29-14-11-15-31(22-29)42-4)23-27-16-18-30(19-17-27)43-26-28-12-9-8-10-13-28/h8-19,22,32-33,35,38H,5-7,20-21,23-26H2,1-4H3/p+1. The van der Waals surface area contributed by atoms with E-state index in [4.69, 9.17) is 9.47 Å². The molecule has 2 unspecified atom stereocenters. The molecule has 1 amide bonds. The number of quaternary nitrogens is 1. The molecule has 0 radical (unpaired) electrons. The van der Waals surface area contributed by atoms with Gasteiger partial charge in [0.15, 0.2) is 0 Å². The molecule has 0 aromatic heterocycles. The molecule has 240 valence electrons. The number of hydrogen-bond acceptors (Lipinski definition) is 7. The molecule has 10 heteroatoms. The average Bonchev–Trinajstić information content (AvgIpc) is 3.03. The zero-order valence-electron chi connectivity index (χ0n) is 26.4. The number of aliphatic hydroxyl groups is 1. The summed E-state index contributed by atoms with van der Waals surface area (Å²) in [4.78, 5) is 12.4. The predicted octanol–water partition coefficient (Wildman–Crippen LogP) is 4.74. The SMILES string of the molecule is CCC[N+](CCC)(C(Cc1ccc(OCc2ccccc2)cc1)C(O)CNCc1cccc(OC)c1)S(=O)(=O)NC(=O)CC. The van der Waals surface area contributed by atoms with Crippen molar-refractivity contribution in [3.8, 4) is 11.5 Å². The number of rotatable bonds is 19. The molecule has 0 aliphatic heterocycles. The van der Waals surface area contributed by atoms with Crippen molar-refractivity contribution in [2.45, 2.75) is 71.8 Å². The van der Waals surface area contributed by atoms with Crippen LogP contribution < -0.4 is 19.5 Å². The summed E-state index contributed by atoms with van der Waals surface area (Å²) >= 11 is 0. The molecule has 0 aliphatic rings. The summed E-state index contributed by atoms with van der Waals surface area (Å²) in [5, 5.41) is 15.1. The zero-order chi connectivity index (χ0) is 32.0. The van der Waals surface area contributed by atoms with E-state index in [0.717, 1.165) is 22.4 Å². The van der Waals surface area contributed by atoms with E-state index in [1.54, 1.807) is 14.0 Å². The van der Waals surface area contributed by atoms with Crippen LogP contribution in [0.2, 0.25) is 0 Å². The third kappa shape index (κ3) is 9.53. The minimum absolute atomic E-state index is 0.0389. The Labute approximate surface area is 263 Å². The van der Waals surface area contributed by atoms with Gasteiger partial charge in [-0.2, -0.15) is 12.3 Å². The number of amides is 1. The number of carbonyl (C=O) groups is 1. The van der Waals surface area contributed by atoms with Gasteiger partial charge in [-0.3, -0.25) is 4.79 Å². The van der Waals surface area contributed by atoms with Gasteiger partial charge in [-0.1, -0.05) is 75.4 Å². The number of benzene rings is 3. The molecule has 3 aromatic rings. The third-order valence-corrected chi connectivity index (χ3v) is 9.81. The minimum atomic E-state index is -4.21. The van der Waals surface area contributed by atoms with Gasteiger partial charge in [-0.25, -0.2) is 4.72 Å². The van der Waals surface area contributed by atoms with Crippen molar-refractivity contribution >= 4 is 16.1 Å². The van der Waals surface area contributed by atoms with Crippen molar-refractivity contribution in [1.29, 1.82) is 0 Å². The van der Waals surface area contributed by atoms with Crippen molar-refractivity contribution in [2.24, 2.45) is 0 Å². The van der Waals surface area contributed by atoms with Gasteiger partial charge < -0.3 is 19.9 Å². The highest BCUT2D eigenvalue weighted by Crippen LogP contribution is 2.29. The summed E-state index contributed by atoms with van der Waals surface area (Å²) in [6.45, 7) is 7.01. The van der Waals surface area contributed by atoms with Crippen molar-refractivity contribution in [1.82, 2.24) is 10.0 Å². The van der Waals surface area contributed by atoms with E-state index in [-0.39, 0.29) is 32.5 Å². The van der Waals surface area contributed by atoms with E-state index in [1.807, 2.05) is 92.7 Å². The smallest absolute Gasteiger partial charge is 0.396 e. The number of methoxy groups -OCH3 is 1. The van der Waals surface area contributed by atoms with Crippen molar-refractivity contribution < 1.29 is 31.7 Å². The molecular formula is C34H48N3O6S+. The first-order valence-corrected chi connectivity index (χ1v) is 16.8. The first-order valence-electron chi connectivity index (χ1n) is 15.4. The lowest BCUT2D eigenvalue weighted by molar-refractivity contribution is -0.838. The van der Waals surface area contributed by atoms with Crippen molar-refractivity contribution in [3.63, 3.8) is 0 Å². The highest BCUT2D eigenvalue weighted by molar-refractivity contribution is 7.84. The summed E-state index contributed by atoms with van der Waals surface area (Å²) in [7, 11) is -2.60. The van der Waals surface area contributed by atoms with E-state index in [0.29, 0.717) is 31.7 Å². The van der Waals surface area contributed by atoms with Crippen molar-refractivity contribution in [3.05, 3.63) is 95.6 Å². The molecule has 0 spiro atoms. The Bertz CT molecular complexity index is 1390. The van der Waals surface area contributed by atoms with E-state index in [9.17, 15) is 18.3 Å². The van der Waals surface area contributed by atoms with Crippen LogP contribution in [0.4, 0.5) is 0 Å². The Hall–Kier alpha value is -3.44. The van der Waals surface area contributed by atoms with Crippen LogP contribution in [0.25, 0.3) is 0 Å². The lowest BCUT2D eigenvalue weighted by atomic mass is 9.98. The molecule has 3 aromatic carbocycles. The quantitative estimate of drug-likeness (QED) is 0.165. The molecule has 0 saturated carbocycles. The summed E-state index contributed by atoms with van der Waals surface area (Å²) < 4.78 is 41.2. The molecule has 9 nitrogen and oxygen atoms in total. The average molecular weight is 627 g/mol. The van der Waals surface area contributed by atoms with Crippen LogP contribution in [0.3, 0.4) is 0 Å². The lowest BCUT2D eigenvalue weighted by Crippen LogP contribution is -2.68. The molecule has 2 atom stereocenters. The normalized spacial score (nSPS) is 13.2. The van der Waals surface area contributed by atoms with Gasteiger partial charge in [-0.15, -0.1) is 0 Å². The summed E-state index contributed by atoms with van der Waals surface area (Å²) in [5.74, 6) is 0.864. The molecule has 0 fully saturated rings. The van der Waals surface area contributed by atoms with Gasteiger partial charge >= 0.3 is 10.2 Å². The number of nitrogens with zero attached hydrogens (tertiary/aromatic N) is 1. The minimum Gasteiger partial charge on any atom is -0.497 e. The fourth-order valence-electron chi connectivity index (χ4n) is 5.53. The number of carbonyl (C=O) groups excluding carboxylic acids is 1. The fraction of sp³-hybridized carbons (Fsp3) is 0.441. The monoisotopic (exact) mass is 626 g/mol. The van der Waals surface area contributed by atoms with E-state index in [2.05, 4.69) is 10.0 Å². The largest absolute Gasteiger partial charge is 0.497 e. The molecule has 44 heavy (non-hydrogen) atoms. The number of nitrogens with one attached hydrogen (secondary N) is 2. The number of hydrogen-bond donors (Lipinski definition) is 3. The first kappa shape index (κ1) is 35.0. The lowest BCUT2D eigenvalue weighted by Gasteiger charge is -2.44. The maximum absolute atomic E-state index is 14.1. The van der Waals surface area contributed by atoms with Gasteiger partial charge in [0.2, 0.25) is 5.91 Å². The zero-order valence-corrected chi connectivity index (χ0v) is 27.2. The molecular weight excluding hydrogens is 578 g/mol. The Balaban J connectivity index is 1.90.